The number of imidazole rings is 4. The van der Waals surface area contributed by atoms with Crippen LogP contribution in [0.3, 0.4) is 0 Å². The monoisotopic (exact) mass is 2000 g/mol. The summed E-state index contributed by atoms with van der Waals surface area (Å²) in [5, 5.41) is 15.5. The Morgan fingerprint density at radius 3 is 1.11 bits per heavy atom. The Balaban J connectivity index is 0.000000252. The molecule has 6 amide bonds. The van der Waals surface area contributed by atoms with E-state index in [4.69, 9.17) is 0 Å². The summed E-state index contributed by atoms with van der Waals surface area (Å²) in [5.41, 5.74) is 11.7. The Bertz CT molecular complexity index is 5040. The third-order valence-corrected chi connectivity index (χ3v) is 26.8. The number of rotatable bonds is 11. The molecule has 6 aromatic heterocycles. The van der Waals surface area contributed by atoms with Crippen molar-refractivity contribution in [2.75, 3.05) is 145 Å². The van der Waals surface area contributed by atoms with Crippen LogP contribution in [0, 0.1) is 27.7 Å². The number of carbonyl (C=O) groups is 6. The maximum atomic E-state index is 12.4. The highest BCUT2D eigenvalue weighted by atomic mass is 16.2. The first-order valence-corrected chi connectivity index (χ1v) is 52.6. The molecule has 31 nitrogen and oxygen atoms in total. The molecular formula is C114H189N25O6. The van der Waals surface area contributed by atoms with Gasteiger partial charge in [-0.3, -0.25) is 53.3 Å². The van der Waals surface area contributed by atoms with E-state index in [1.807, 2.05) is 113 Å². The minimum atomic E-state index is 0.00225. The molecule has 3 aromatic carbocycles. The molecule has 0 N–H and O–H groups in total. The van der Waals surface area contributed by atoms with Gasteiger partial charge in [0.1, 0.15) is 37.8 Å². The fraction of sp³-hybridized carbons (Fsp3) is 0.649. The van der Waals surface area contributed by atoms with E-state index >= 15 is 0 Å². The minimum Gasteiger partial charge on any atom is -0.345 e. The molecule has 31 heteroatoms. The maximum absolute atomic E-state index is 12.4. The van der Waals surface area contributed by atoms with Crippen molar-refractivity contribution in [1.29, 1.82) is 0 Å². The van der Waals surface area contributed by atoms with Crippen molar-refractivity contribution >= 4 is 35.4 Å². The van der Waals surface area contributed by atoms with Gasteiger partial charge in [-0.25, -0.2) is 24.6 Å². The molecule has 0 radical (unpaired) electrons. The second-order valence-electron chi connectivity index (χ2n) is 48.4. The molecule has 0 bridgehead atoms. The van der Waals surface area contributed by atoms with Crippen LogP contribution in [-0.4, -0.2) is 330 Å². The number of hydrogen-bond donors (Lipinski definition) is 0. The van der Waals surface area contributed by atoms with Crippen molar-refractivity contribution in [3.8, 4) is 0 Å². The van der Waals surface area contributed by atoms with Crippen molar-refractivity contribution < 1.29 is 28.8 Å². The molecule has 0 aliphatic carbocycles. The van der Waals surface area contributed by atoms with Crippen molar-refractivity contribution in [2.45, 2.75) is 329 Å². The summed E-state index contributed by atoms with van der Waals surface area (Å²) >= 11 is 0. The highest BCUT2D eigenvalue weighted by Crippen LogP contribution is 2.30. The smallest absolute Gasteiger partial charge is 0.253 e. The zero-order chi connectivity index (χ0) is 108. The van der Waals surface area contributed by atoms with Crippen molar-refractivity contribution in [3.63, 3.8) is 0 Å². The van der Waals surface area contributed by atoms with E-state index in [1.54, 1.807) is 73.4 Å². The van der Waals surface area contributed by atoms with Crippen LogP contribution in [0.15, 0.2) is 148 Å². The SMILES string of the molecule is CC(C)(C)N1CCCN(C(=O)Cn2ccnc2)CC1.CC(C)(C)N1CCCN(C(=O)Cn2ccnn2)CC1.CC(C)(C)N1CCCN(C(=O)Cn2nccn2)CC1.CN(C)C(=O)c1ccccc1C(C)(C)C.Cc1ccc(C)c(C(C)(C)C)c1.Cc1ccccc1C(C)(C)C.Cc1nccn1CC(=O)N1CCCN(C(C)(C)C)CC1.Cn1ccnc1CC(=O)N1CCCN(C(C)(C)C)CC1.Cn1cnc(C(C)(C)C)c1. The molecule has 5 saturated heterocycles. The molecule has 14 rings (SSSR count). The lowest BCUT2D eigenvalue weighted by atomic mass is 9.83. The summed E-state index contributed by atoms with van der Waals surface area (Å²) in [6.07, 6.45) is 28.4. The number of hydrogen-bond acceptors (Lipinski definition) is 19. The Morgan fingerprint density at radius 2 is 0.766 bits per heavy atom. The molecule has 5 aliphatic rings. The van der Waals surface area contributed by atoms with Crippen LogP contribution in [-0.2, 0) is 92.3 Å². The lowest BCUT2D eigenvalue weighted by Crippen LogP contribution is -2.44. The van der Waals surface area contributed by atoms with Crippen LogP contribution < -0.4 is 0 Å². The molecule has 9 aromatic rings. The zero-order valence-corrected chi connectivity index (χ0v) is 96.2. The van der Waals surface area contributed by atoms with E-state index in [0.717, 1.165) is 191 Å². The molecular weight excluding hydrogens is 1820 g/mol. The average molecular weight is 2010 g/mol. The molecule has 5 aliphatic heterocycles. The third kappa shape index (κ3) is 43.0. The Kier molecular flexibility index (Phi) is 47.5. The van der Waals surface area contributed by atoms with Crippen LogP contribution in [0.25, 0.3) is 0 Å². The van der Waals surface area contributed by atoms with E-state index in [2.05, 4.69) is 321 Å². The quantitative estimate of drug-likeness (QED) is 0.116. The van der Waals surface area contributed by atoms with E-state index in [0.29, 0.717) is 19.5 Å². The maximum Gasteiger partial charge on any atom is 0.253 e. The molecule has 806 valence electrons. The summed E-state index contributed by atoms with van der Waals surface area (Å²) in [4.78, 5) is 115. The third-order valence-electron chi connectivity index (χ3n) is 26.8. The van der Waals surface area contributed by atoms with Gasteiger partial charge in [0.15, 0.2) is 0 Å². The lowest BCUT2D eigenvalue weighted by molar-refractivity contribution is -0.132. The fourth-order valence-corrected chi connectivity index (χ4v) is 17.9. The largest absolute Gasteiger partial charge is 0.345 e. The van der Waals surface area contributed by atoms with Crippen LogP contribution in [0.2, 0.25) is 0 Å². The number of amides is 6. The molecule has 11 heterocycles. The second-order valence-corrected chi connectivity index (χ2v) is 48.4. The van der Waals surface area contributed by atoms with Crippen molar-refractivity contribution in [2.24, 2.45) is 14.1 Å². The van der Waals surface area contributed by atoms with Gasteiger partial charge in [0.25, 0.3) is 5.91 Å². The van der Waals surface area contributed by atoms with Crippen molar-refractivity contribution in [3.05, 3.63) is 204 Å². The van der Waals surface area contributed by atoms with Gasteiger partial charge in [0, 0.05) is 247 Å². The Morgan fingerprint density at radius 1 is 0.359 bits per heavy atom. The van der Waals surface area contributed by atoms with Crippen LogP contribution in [0.1, 0.15) is 280 Å². The summed E-state index contributed by atoms with van der Waals surface area (Å²) in [7, 11) is 7.48. The molecule has 145 heavy (non-hydrogen) atoms. The zero-order valence-electron chi connectivity index (χ0n) is 96.2. The summed E-state index contributed by atoms with van der Waals surface area (Å²) < 4.78 is 9.20. The van der Waals surface area contributed by atoms with Gasteiger partial charge >= 0.3 is 0 Å². The number of aromatic nitrogens is 14. The fourth-order valence-electron chi connectivity index (χ4n) is 17.9. The first-order valence-electron chi connectivity index (χ1n) is 52.6. The number of aryl methyl sites for hydroxylation is 6. The Hall–Kier alpha value is -10.6. The topological polar surface area (TPSA) is 271 Å². The first-order chi connectivity index (χ1) is 67.4. The Labute approximate surface area is 873 Å². The van der Waals surface area contributed by atoms with Gasteiger partial charge in [-0.15, -0.1) is 5.10 Å². The first kappa shape index (κ1) is 123. The van der Waals surface area contributed by atoms with Gasteiger partial charge in [-0.05, 0) is 214 Å². The van der Waals surface area contributed by atoms with Gasteiger partial charge in [-0.1, -0.05) is 155 Å². The number of carbonyl (C=O) groups excluding carboxylic acids is 6. The minimum absolute atomic E-state index is 0.00225. The van der Waals surface area contributed by atoms with Crippen LogP contribution in [0.5, 0.6) is 0 Å². The average Bonchev–Trinajstić information content (AvgIpc) is 1.58. The second kappa shape index (κ2) is 56.0. The van der Waals surface area contributed by atoms with E-state index in [9.17, 15) is 28.8 Å². The standard InChI is InChI=1S/2C15H26N4O.C14H24N4O.2C13H23N5O.C13H19NO.C12H18.C11H16.C8H14N2/c1-15(2,3)19-8-5-7-18(10-11-19)14(20)12-13-16-6-9-17(13)4;1-13-16-6-9-18(13)12-14(20)17-7-5-8-19(11-10-17)15(2,3)4;1-14(2,3)18-7-4-6-17(9-10-18)13(19)11-16-8-5-15-12-16;1-13(2,3)17-8-4-7-16(9-10-17)12(19)11-18-14-5-6-15-18;1-13(2,3)17-7-4-6-16(9-10-17)12(19)11-18-8-5-14-15-18;1-13(2,3)11-9-7-6-8-10(11)12(15)14(4)5;1-9-6-7-10(2)11(8-9)12(3,4)5;1-9-7-5-6-8-10(9)11(2,3)4;1-8(2,3)7-5-10(4)6-9-7/h2*6,9H,5,7-8,10-12H2,1-4H3;5,8,12H,4,6-7,9-11H2,1-3H3;5-6H,4,7-11H2,1-3H3;5,8H,4,6-7,9-11H2,1-3H3;6-9H,1-5H3;6-8H,1-5H3;5-8H,1-4H3;5-6H,1-4H3. The molecule has 0 atom stereocenters. The van der Waals surface area contributed by atoms with Gasteiger partial charge in [0.05, 0.1) is 43.4 Å². The number of benzene rings is 3. The van der Waals surface area contributed by atoms with Gasteiger partial charge < -0.3 is 47.7 Å². The van der Waals surface area contributed by atoms with E-state index in [-0.39, 0.29) is 97.9 Å². The molecule has 0 unspecified atom stereocenters. The molecule has 5 fully saturated rings. The number of nitrogens with zero attached hydrogens (tertiary/aromatic N) is 25. The van der Waals surface area contributed by atoms with E-state index < -0.39 is 0 Å². The predicted molar refractivity (Wildman–Crippen MR) is 588 cm³/mol. The van der Waals surface area contributed by atoms with E-state index in [1.165, 1.54) is 32.6 Å². The summed E-state index contributed by atoms with van der Waals surface area (Å²) in [6.45, 7) is 87.9. The molecule has 0 saturated carbocycles. The van der Waals surface area contributed by atoms with Crippen LogP contribution >= 0.6 is 0 Å². The summed E-state index contributed by atoms with van der Waals surface area (Å²) in [6, 6.07) is 23.0. The highest BCUT2D eigenvalue weighted by molar-refractivity contribution is 5.95. The van der Waals surface area contributed by atoms with Crippen LogP contribution in [0.4, 0.5) is 0 Å². The van der Waals surface area contributed by atoms with Gasteiger partial charge in [0.2, 0.25) is 29.5 Å². The molecule has 0 spiro atoms. The van der Waals surface area contributed by atoms with Gasteiger partial charge in [-0.2, -0.15) is 15.0 Å². The highest BCUT2D eigenvalue weighted by Gasteiger charge is 2.34. The lowest BCUT2D eigenvalue weighted by Gasteiger charge is -2.34. The normalized spacial score (nSPS) is 16.1. The summed E-state index contributed by atoms with van der Waals surface area (Å²) in [5.74, 6) is 2.61. The predicted octanol–water partition coefficient (Wildman–Crippen LogP) is 16.6. The van der Waals surface area contributed by atoms with Crippen molar-refractivity contribution in [1.82, 2.24) is 122 Å².